The summed E-state index contributed by atoms with van der Waals surface area (Å²) in [5, 5.41) is 0. The number of anilines is 1. The first-order valence-corrected chi connectivity index (χ1v) is 6.60. The highest BCUT2D eigenvalue weighted by Crippen LogP contribution is 2.21. The summed E-state index contributed by atoms with van der Waals surface area (Å²) >= 11 is 0. The highest BCUT2D eigenvalue weighted by Gasteiger charge is 2.20. The quantitative estimate of drug-likeness (QED) is 0.832. The van der Waals surface area contributed by atoms with Gasteiger partial charge in [-0.05, 0) is 31.9 Å². The fraction of sp³-hybridized carbons (Fsp3) is 0.533. The monoisotopic (exact) mass is 264 g/mol. The molecule has 0 radical (unpaired) electrons. The number of nitrogens with zero attached hydrogens (tertiary/aromatic N) is 1. The molecular weight excluding hydrogens is 240 g/mol. The van der Waals surface area contributed by atoms with Gasteiger partial charge in [0.05, 0.1) is 7.11 Å². The summed E-state index contributed by atoms with van der Waals surface area (Å²) in [6.45, 7) is 8.96. The number of hydrogen-bond donors (Lipinski definition) is 1. The molecule has 0 spiro atoms. The van der Waals surface area contributed by atoms with Crippen LogP contribution >= 0.6 is 0 Å². The summed E-state index contributed by atoms with van der Waals surface area (Å²) in [6.07, 6.45) is 0. The van der Waals surface area contributed by atoms with E-state index in [4.69, 9.17) is 10.5 Å². The Morgan fingerprint density at radius 1 is 1.26 bits per heavy atom. The molecule has 4 heteroatoms. The minimum Gasteiger partial charge on any atom is -0.497 e. The van der Waals surface area contributed by atoms with E-state index in [0.29, 0.717) is 22.9 Å². The molecule has 106 valence electrons. The Labute approximate surface area is 115 Å². The van der Waals surface area contributed by atoms with Gasteiger partial charge in [-0.15, -0.1) is 0 Å². The number of rotatable bonds is 5. The molecule has 0 heterocycles. The maximum absolute atomic E-state index is 12.6. The Morgan fingerprint density at radius 3 is 2.37 bits per heavy atom. The maximum atomic E-state index is 12.6. The second kappa shape index (κ2) is 6.45. The van der Waals surface area contributed by atoms with Crippen LogP contribution in [0.5, 0.6) is 5.75 Å². The zero-order valence-electron chi connectivity index (χ0n) is 12.4. The van der Waals surface area contributed by atoms with E-state index in [1.54, 1.807) is 25.3 Å². The van der Waals surface area contributed by atoms with Crippen molar-refractivity contribution in [2.75, 3.05) is 19.4 Å². The van der Waals surface area contributed by atoms with Crippen molar-refractivity contribution in [3.8, 4) is 5.75 Å². The summed E-state index contributed by atoms with van der Waals surface area (Å²) in [7, 11) is 1.57. The number of carbonyl (C=O) groups excluding carboxylic acids is 1. The second-order valence-corrected chi connectivity index (χ2v) is 5.44. The van der Waals surface area contributed by atoms with Gasteiger partial charge in [0.25, 0.3) is 5.91 Å². The van der Waals surface area contributed by atoms with Crippen molar-refractivity contribution in [2.24, 2.45) is 5.92 Å². The van der Waals surface area contributed by atoms with Gasteiger partial charge in [-0.3, -0.25) is 4.79 Å². The summed E-state index contributed by atoms with van der Waals surface area (Å²) in [5.74, 6) is 1.03. The molecule has 0 aliphatic heterocycles. The fourth-order valence-corrected chi connectivity index (χ4v) is 1.95. The number of methoxy groups -OCH3 is 1. The van der Waals surface area contributed by atoms with Crippen molar-refractivity contribution in [1.82, 2.24) is 4.90 Å². The number of amides is 1. The molecule has 0 bridgehead atoms. The number of hydrogen-bond acceptors (Lipinski definition) is 3. The lowest BCUT2D eigenvalue weighted by atomic mass is 10.1. The third kappa shape index (κ3) is 4.16. The van der Waals surface area contributed by atoms with Gasteiger partial charge < -0.3 is 15.4 Å². The van der Waals surface area contributed by atoms with Gasteiger partial charge in [-0.25, -0.2) is 0 Å². The number of nitrogens with two attached hydrogens (primary N) is 1. The summed E-state index contributed by atoms with van der Waals surface area (Å²) in [5.41, 5.74) is 6.91. The molecule has 0 aromatic heterocycles. The lowest BCUT2D eigenvalue weighted by Gasteiger charge is -2.28. The SMILES string of the molecule is COc1cc(N)cc(C(=O)N(CC(C)C)C(C)C)c1. The van der Waals surface area contributed by atoms with Crippen LogP contribution in [0.1, 0.15) is 38.1 Å². The molecule has 2 N–H and O–H groups in total. The molecule has 4 nitrogen and oxygen atoms in total. The van der Waals surface area contributed by atoms with Gasteiger partial charge in [-0.2, -0.15) is 0 Å². The number of benzene rings is 1. The van der Waals surface area contributed by atoms with Crippen molar-refractivity contribution in [3.05, 3.63) is 23.8 Å². The van der Waals surface area contributed by atoms with Crippen LogP contribution in [0.3, 0.4) is 0 Å². The molecule has 1 aromatic rings. The summed E-state index contributed by atoms with van der Waals surface area (Å²) in [4.78, 5) is 14.4. The van der Waals surface area contributed by atoms with Gasteiger partial charge in [-0.1, -0.05) is 13.8 Å². The normalized spacial score (nSPS) is 10.9. The summed E-state index contributed by atoms with van der Waals surface area (Å²) in [6, 6.07) is 5.29. The van der Waals surface area contributed by atoms with Crippen molar-refractivity contribution in [1.29, 1.82) is 0 Å². The van der Waals surface area contributed by atoms with Crippen LogP contribution in [0.2, 0.25) is 0 Å². The van der Waals surface area contributed by atoms with Gasteiger partial charge in [0.15, 0.2) is 0 Å². The van der Waals surface area contributed by atoms with Crippen LogP contribution in [0.4, 0.5) is 5.69 Å². The van der Waals surface area contributed by atoms with Crippen LogP contribution in [-0.4, -0.2) is 30.5 Å². The fourth-order valence-electron chi connectivity index (χ4n) is 1.95. The lowest BCUT2D eigenvalue weighted by molar-refractivity contribution is 0.0681. The van der Waals surface area contributed by atoms with E-state index in [9.17, 15) is 4.79 Å². The molecule has 1 amide bonds. The molecule has 19 heavy (non-hydrogen) atoms. The Balaban J connectivity index is 3.05. The number of ether oxygens (including phenoxy) is 1. The smallest absolute Gasteiger partial charge is 0.254 e. The zero-order chi connectivity index (χ0) is 14.6. The van der Waals surface area contributed by atoms with Crippen molar-refractivity contribution >= 4 is 11.6 Å². The second-order valence-electron chi connectivity index (χ2n) is 5.44. The Hall–Kier alpha value is -1.71. The lowest BCUT2D eigenvalue weighted by Crippen LogP contribution is -2.39. The number of nitrogen functional groups attached to an aromatic ring is 1. The Kier molecular flexibility index (Phi) is 5.21. The van der Waals surface area contributed by atoms with E-state index in [2.05, 4.69) is 13.8 Å². The van der Waals surface area contributed by atoms with E-state index in [-0.39, 0.29) is 11.9 Å². The molecule has 0 saturated heterocycles. The average molecular weight is 264 g/mol. The Morgan fingerprint density at radius 2 is 1.89 bits per heavy atom. The first-order valence-electron chi connectivity index (χ1n) is 6.60. The summed E-state index contributed by atoms with van der Waals surface area (Å²) < 4.78 is 5.16. The van der Waals surface area contributed by atoms with Gasteiger partial charge in [0.2, 0.25) is 0 Å². The molecule has 1 aromatic carbocycles. The first kappa shape index (κ1) is 15.3. The molecule has 0 aliphatic rings. The molecule has 0 saturated carbocycles. The van der Waals surface area contributed by atoms with E-state index in [1.807, 2.05) is 18.7 Å². The molecule has 0 aliphatic carbocycles. The predicted octanol–water partition coefficient (Wildman–Crippen LogP) is 2.78. The van der Waals surface area contributed by atoms with Crippen molar-refractivity contribution < 1.29 is 9.53 Å². The van der Waals surface area contributed by atoms with Crippen LogP contribution in [-0.2, 0) is 0 Å². The van der Waals surface area contributed by atoms with Crippen LogP contribution in [0.25, 0.3) is 0 Å². The maximum Gasteiger partial charge on any atom is 0.254 e. The minimum atomic E-state index is -0.00528. The largest absolute Gasteiger partial charge is 0.497 e. The predicted molar refractivity (Wildman–Crippen MR) is 78.4 cm³/mol. The third-order valence-corrected chi connectivity index (χ3v) is 2.86. The van der Waals surface area contributed by atoms with Crippen molar-refractivity contribution in [3.63, 3.8) is 0 Å². The number of carbonyl (C=O) groups is 1. The van der Waals surface area contributed by atoms with E-state index >= 15 is 0 Å². The Bertz CT molecular complexity index is 442. The van der Waals surface area contributed by atoms with Gasteiger partial charge in [0, 0.05) is 29.9 Å². The molecular formula is C15H24N2O2. The van der Waals surface area contributed by atoms with E-state index in [0.717, 1.165) is 6.54 Å². The van der Waals surface area contributed by atoms with Crippen molar-refractivity contribution in [2.45, 2.75) is 33.7 Å². The van der Waals surface area contributed by atoms with Crippen LogP contribution in [0, 0.1) is 5.92 Å². The molecule has 1 rings (SSSR count). The van der Waals surface area contributed by atoms with E-state index in [1.165, 1.54) is 0 Å². The van der Waals surface area contributed by atoms with E-state index < -0.39 is 0 Å². The molecule has 0 atom stereocenters. The zero-order valence-corrected chi connectivity index (χ0v) is 12.4. The third-order valence-electron chi connectivity index (χ3n) is 2.86. The molecule has 0 unspecified atom stereocenters. The van der Waals surface area contributed by atoms with Crippen LogP contribution in [0.15, 0.2) is 18.2 Å². The standard InChI is InChI=1S/C15H24N2O2/c1-10(2)9-17(11(3)4)15(18)12-6-13(16)8-14(7-12)19-5/h6-8,10-11H,9,16H2,1-5H3. The highest BCUT2D eigenvalue weighted by molar-refractivity contribution is 5.95. The topological polar surface area (TPSA) is 55.6 Å². The first-order chi connectivity index (χ1) is 8.85. The van der Waals surface area contributed by atoms with Crippen LogP contribution < -0.4 is 10.5 Å². The average Bonchev–Trinajstić information content (AvgIpc) is 2.33. The minimum absolute atomic E-state index is 0.00528. The van der Waals surface area contributed by atoms with Gasteiger partial charge in [0.1, 0.15) is 5.75 Å². The molecule has 0 fully saturated rings. The highest BCUT2D eigenvalue weighted by atomic mass is 16.5. The van der Waals surface area contributed by atoms with Gasteiger partial charge >= 0.3 is 0 Å².